The summed E-state index contributed by atoms with van der Waals surface area (Å²) in [6.07, 6.45) is 8.90. The van der Waals surface area contributed by atoms with Crippen LogP contribution >= 0.6 is 0 Å². The number of rotatable bonds is 2. The van der Waals surface area contributed by atoms with Gasteiger partial charge in [-0.15, -0.1) is 0 Å². The van der Waals surface area contributed by atoms with Crippen LogP contribution in [0.3, 0.4) is 0 Å². The molecule has 0 saturated heterocycles. The lowest BCUT2D eigenvalue weighted by Gasteiger charge is -2.58. The number of hydrogen-bond donors (Lipinski definition) is 2. The summed E-state index contributed by atoms with van der Waals surface area (Å²) in [7, 11) is 0. The van der Waals surface area contributed by atoms with Gasteiger partial charge < -0.3 is 10.8 Å². The van der Waals surface area contributed by atoms with E-state index in [9.17, 15) is 9.90 Å². The highest BCUT2D eigenvalue weighted by molar-refractivity contribution is 5.93. The third-order valence-corrected chi connectivity index (χ3v) is 9.15. The molecule has 0 bridgehead atoms. The molecule has 1 aromatic rings. The van der Waals surface area contributed by atoms with Crippen LogP contribution in [-0.2, 0) is 4.79 Å². The third-order valence-electron chi connectivity index (χ3n) is 9.15. The maximum atomic E-state index is 12.5. The molecule has 0 radical (unpaired) electrons. The molecule has 4 aliphatic rings. The Morgan fingerprint density at radius 2 is 1.76 bits per heavy atom. The van der Waals surface area contributed by atoms with E-state index in [-0.39, 0.29) is 22.8 Å². The lowest BCUT2D eigenvalue weighted by molar-refractivity contribution is -0.116. The number of aliphatic hydroxyl groups excluding tert-OH is 1. The number of aliphatic hydroxyl groups is 1. The number of benzene rings is 1. The van der Waals surface area contributed by atoms with Crippen LogP contribution in [0.1, 0.15) is 64.4 Å². The van der Waals surface area contributed by atoms with Crippen molar-refractivity contribution < 1.29 is 9.90 Å². The van der Waals surface area contributed by atoms with Crippen molar-refractivity contribution in [2.45, 2.75) is 64.9 Å². The number of allylic oxidation sites excluding steroid dienone is 2. The predicted molar refractivity (Wildman–Crippen MR) is 116 cm³/mol. The van der Waals surface area contributed by atoms with E-state index < -0.39 is 0 Å². The summed E-state index contributed by atoms with van der Waals surface area (Å²) in [4.78, 5) is 12.5. The van der Waals surface area contributed by atoms with Crippen molar-refractivity contribution in [3.63, 3.8) is 0 Å². The maximum absolute atomic E-state index is 12.5. The van der Waals surface area contributed by atoms with Crippen molar-refractivity contribution in [1.82, 2.24) is 0 Å². The molecule has 3 nitrogen and oxygen atoms in total. The zero-order chi connectivity index (χ0) is 20.4. The van der Waals surface area contributed by atoms with Gasteiger partial charge in [0.15, 0.2) is 0 Å². The molecule has 0 aliphatic heterocycles. The minimum absolute atomic E-state index is 0.0172. The van der Waals surface area contributed by atoms with Crippen molar-refractivity contribution in [3.05, 3.63) is 53.1 Å². The Morgan fingerprint density at radius 1 is 1.03 bits per heavy atom. The second kappa shape index (κ2) is 6.57. The van der Waals surface area contributed by atoms with Crippen LogP contribution < -0.4 is 5.73 Å². The zero-order valence-electron chi connectivity index (χ0n) is 17.7. The van der Waals surface area contributed by atoms with Gasteiger partial charge >= 0.3 is 0 Å². The van der Waals surface area contributed by atoms with Gasteiger partial charge in [-0.3, -0.25) is 4.79 Å². The fourth-order valence-electron chi connectivity index (χ4n) is 7.67. The maximum Gasteiger partial charge on any atom is 0.244 e. The summed E-state index contributed by atoms with van der Waals surface area (Å²) in [5, 5.41) is 10.3. The van der Waals surface area contributed by atoms with Gasteiger partial charge in [0.1, 0.15) is 0 Å². The Morgan fingerprint density at radius 3 is 2.48 bits per heavy atom. The molecule has 0 spiro atoms. The van der Waals surface area contributed by atoms with Crippen molar-refractivity contribution in [1.29, 1.82) is 0 Å². The van der Waals surface area contributed by atoms with Gasteiger partial charge in [-0.1, -0.05) is 55.8 Å². The topological polar surface area (TPSA) is 63.3 Å². The molecule has 29 heavy (non-hydrogen) atoms. The van der Waals surface area contributed by atoms with E-state index in [1.54, 1.807) is 0 Å². The molecule has 6 atom stereocenters. The Kier molecular flexibility index (Phi) is 4.33. The first-order chi connectivity index (χ1) is 13.8. The first-order valence-corrected chi connectivity index (χ1v) is 11.3. The fraction of sp³-hybridized carbons (Fsp3) is 0.577. The van der Waals surface area contributed by atoms with E-state index in [0.717, 1.165) is 31.3 Å². The second-order valence-corrected chi connectivity index (χ2v) is 10.4. The standard InChI is InChI=1S/C26H33NO2/c1-25-13-11-22-18(21(25)9-8-20(25)16-6-4-3-5-7-16)15-19(24(27)29)23-14-17(28)10-12-26(22,23)2/h3-8,17-18,21-22,28H,9-15H2,1-2H3,(H2,27,29)/t17-,18-,21-,22-,25+,26+/m0/s1. The summed E-state index contributed by atoms with van der Waals surface area (Å²) < 4.78 is 0. The van der Waals surface area contributed by atoms with Crippen LogP contribution in [0.25, 0.3) is 5.57 Å². The minimum atomic E-state index is -0.323. The first-order valence-electron chi connectivity index (χ1n) is 11.3. The van der Waals surface area contributed by atoms with Gasteiger partial charge in [-0.05, 0) is 84.7 Å². The van der Waals surface area contributed by atoms with E-state index in [1.165, 1.54) is 29.6 Å². The monoisotopic (exact) mass is 391 g/mol. The normalized spacial score (nSPS) is 41.3. The second-order valence-electron chi connectivity index (χ2n) is 10.4. The number of amides is 1. The summed E-state index contributed by atoms with van der Waals surface area (Å²) in [6.45, 7) is 4.81. The SMILES string of the molecule is C[C@]12CC[C@H](O)CC1=C(C(N)=O)C[C@@H]1[C@@H]2CC[C@]2(C)C(c3ccccc3)=CC[C@@H]12. The highest BCUT2D eigenvalue weighted by atomic mass is 16.3. The van der Waals surface area contributed by atoms with Crippen LogP contribution in [0.2, 0.25) is 0 Å². The molecule has 2 fully saturated rings. The highest BCUT2D eigenvalue weighted by Gasteiger charge is 2.58. The zero-order valence-corrected chi connectivity index (χ0v) is 17.7. The molecule has 4 aliphatic carbocycles. The Labute approximate surface area is 174 Å². The number of carbonyl (C=O) groups excluding carboxylic acids is 1. The van der Waals surface area contributed by atoms with Crippen molar-refractivity contribution in [2.75, 3.05) is 0 Å². The van der Waals surface area contributed by atoms with Gasteiger partial charge in [-0.2, -0.15) is 0 Å². The molecule has 3 N–H and O–H groups in total. The van der Waals surface area contributed by atoms with Crippen LogP contribution in [0.15, 0.2) is 47.6 Å². The smallest absolute Gasteiger partial charge is 0.244 e. The molecule has 0 unspecified atom stereocenters. The average Bonchev–Trinajstić information content (AvgIpc) is 3.06. The van der Waals surface area contributed by atoms with Crippen LogP contribution in [0, 0.1) is 28.6 Å². The summed E-state index contributed by atoms with van der Waals surface area (Å²) >= 11 is 0. The number of hydrogen-bond acceptors (Lipinski definition) is 2. The number of primary amides is 1. The number of fused-ring (bicyclic) bond motifs is 5. The largest absolute Gasteiger partial charge is 0.393 e. The number of nitrogens with two attached hydrogens (primary N) is 1. The molecular weight excluding hydrogens is 358 g/mol. The molecule has 3 heteroatoms. The third kappa shape index (κ3) is 2.70. The van der Waals surface area contributed by atoms with Crippen LogP contribution in [-0.4, -0.2) is 17.1 Å². The Hall–Kier alpha value is -1.87. The lowest BCUT2D eigenvalue weighted by Crippen LogP contribution is -2.51. The predicted octanol–water partition coefficient (Wildman–Crippen LogP) is 4.86. The van der Waals surface area contributed by atoms with Gasteiger partial charge in [0.05, 0.1) is 6.10 Å². The quantitative estimate of drug-likeness (QED) is 0.756. The molecule has 1 aromatic carbocycles. The molecule has 1 amide bonds. The van der Waals surface area contributed by atoms with E-state index in [1.807, 2.05) is 0 Å². The van der Waals surface area contributed by atoms with Gasteiger partial charge in [0.25, 0.3) is 0 Å². The molecule has 2 saturated carbocycles. The summed E-state index contributed by atoms with van der Waals surface area (Å²) in [5.74, 6) is 1.39. The Bertz CT molecular complexity index is 901. The molecule has 0 aromatic heterocycles. The molecule has 0 heterocycles. The minimum Gasteiger partial charge on any atom is -0.393 e. The van der Waals surface area contributed by atoms with Crippen molar-refractivity contribution in [3.8, 4) is 0 Å². The molecule has 154 valence electrons. The van der Waals surface area contributed by atoms with Crippen molar-refractivity contribution in [2.24, 2.45) is 34.3 Å². The Balaban J connectivity index is 1.54. The van der Waals surface area contributed by atoms with Gasteiger partial charge in [-0.25, -0.2) is 0 Å². The van der Waals surface area contributed by atoms with Gasteiger partial charge in [0, 0.05) is 5.57 Å². The van der Waals surface area contributed by atoms with E-state index in [0.29, 0.717) is 24.2 Å². The molecule has 5 rings (SSSR count). The summed E-state index contributed by atoms with van der Waals surface area (Å²) in [5.41, 5.74) is 11.0. The number of carbonyl (C=O) groups is 1. The first kappa shape index (κ1) is 19.1. The van der Waals surface area contributed by atoms with E-state index in [4.69, 9.17) is 5.73 Å². The van der Waals surface area contributed by atoms with Crippen molar-refractivity contribution >= 4 is 11.5 Å². The van der Waals surface area contributed by atoms with Crippen LogP contribution in [0.4, 0.5) is 0 Å². The average molecular weight is 392 g/mol. The van der Waals surface area contributed by atoms with Crippen LogP contribution in [0.5, 0.6) is 0 Å². The summed E-state index contributed by atoms with van der Waals surface area (Å²) in [6, 6.07) is 10.8. The van der Waals surface area contributed by atoms with Gasteiger partial charge in [0.2, 0.25) is 5.91 Å². The van der Waals surface area contributed by atoms with E-state index in [2.05, 4.69) is 50.3 Å². The lowest BCUT2D eigenvalue weighted by atomic mass is 9.46. The van der Waals surface area contributed by atoms with E-state index >= 15 is 0 Å². The fourth-order valence-corrected chi connectivity index (χ4v) is 7.67. The highest BCUT2D eigenvalue weighted by Crippen LogP contribution is 2.67. The molecular formula is C26H33NO2.